The molecule has 0 saturated heterocycles. The Labute approximate surface area is 196 Å². The van der Waals surface area contributed by atoms with Crippen LogP contribution in [0.2, 0.25) is 0 Å². The summed E-state index contributed by atoms with van der Waals surface area (Å²) in [6.45, 7) is 2.41. The van der Waals surface area contributed by atoms with Gasteiger partial charge in [0.2, 0.25) is 0 Å². The number of fused-ring (bicyclic) bond motifs is 1. The van der Waals surface area contributed by atoms with Crippen LogP contribution < -0.4 is 4.90 Å². The molecule has 0 aliphatic rings. The molecule has 8 heteroatoms. The molecule has 4 rings (SSSR count). The number of hydrogen-bond acceptors (Lipinski definition) is 7. The number of aromatic hydroxyl groups is 1. The largest absolute Gasteiger partial charge is 0.505 e. The standard InChI is InChI=1S/C26H23N5O3/c1-17-12-20(25(32)24(13-17)31-28-22-6-4-5-7-23(22)29-31)16-30(2)21-10-8-18(9-11-21)14-19(15-27)26(33)34-3/h4-14,32H,16H2,1-3H3/b19-14+. The van der Waals surface area contributed by atoms with Crippen LogP contribution in [-0.4, -0.2) is 40.2 Å². The van der Waals surface area contributed by atoms with Crippen molar-refractivity contribution in [1.29, 1.82) is 5.26 Å². The number of anilines is 1. The van der Waals surface area contributed by atoms with Crippen molar-refractivity contribution in [2.75, 3.05) is 19.1 Å². The molecule has 0 saturated carbocycles. The molecule has 0 atom stereocenters. The van der Waals surface area contributed by atoms with Gasteiger partial charge in [0, 0.05) is 24.8 Å². The normalized spacial score (nSPS) is 11.3. The summed E-state index contributed by atoms with van der Waals surface area (Å²) in [6, 6.07) is 20.6. The van der Waals surface area contributed by atoms with Crippen LogP contribution in [0.4, 0.5) is 5.69 Å². The van der Waals surface area contributed by atoms with Crippen molar-refractivity contribution >= 4 is 28.8 Å². The van der Waals surface area contributed by atoms with Gasteiger partial charge >= 0.3 is 5.97 Å². The number of phenols is 1. The highest BCUT2D eigenvalue weighted by Gasteiger charge is 2.15. The first-order valence-corrected chi connectivity index (χ1v) is 10.6. The number of methoxy groups -OCH3 is 1. The summed E-state index contributed by atoms with van der Waals surface area (Å²) in [5.74, 6) is -0.553. The van der Waals surface area contributed by atoms with E-state index >= 15 is 0 Å². The van der Waals surface area contributed by atoms with Gasteiger partial charge in [-0.1, -0.05) is 30.3 Å². The quantitative estimate of drug-likeness (QED) is 0.266. The average Bonchev–Trinajstić information content (AvgIpc) is 3.28. The van der Waals surface area contributed by atoms with Crippen molar-refractivity contribution in [2.45, 2.75) is 13.5 Å². The van der Waals surface area contributed by atoms with E-state index in [1.54, 1.807) is 0 Å². The molecule has 0 unspecified atom stereocenters. The van der Waals surface area contributed by atoms with Gasteiger partial charge in [0.1, 0.15) is 34.1 Å². The zero-order valence-corrected chi connectivity index (χ0v) is 19.1. The molecule has 0 fully saturated rings. The van der Waals surface area contributed by atoms with E-state index in [9.17, 15) is 9.90 Å². The minimum atomic E-state index is -0.672. The lowest BCUT2D eigenvalue weighted by Gasteiger charge is -2.21. The lowest BCUT2D eigenvalue weighted by Crippen LogP contribution is -2.17. The van der Waals surface area contributed by atoms with Crippen LogP contribution in [0.1, 0.15) is 16.7 Å². The van der Waals surface area contributed by atoms with E-state index in [1.165, 1.54) is 18.0 Å². The Bertz CT molecular complexity index is 1400. The van der Waals surface area contributed by atoms with E-state index in [1.807, 2.05) is 85.6 Å². The second-order valence-electron chi connectivity index (χ2n) is 7.88. The molecule has 170 valence electrons. The fraction of sp³-hybridized carbons (Fsp3) is 0.154. The summed E-state index contributed by atoms with van der Waals surface area (Å²) < 4.78 is 4.61. The van der Waals surface area contributed by atoms with Crippen LogP contribution in [0, 0.1) is 18.3 Å². The Hall–Kier alpha value is -4.64. The van der Waals surface area contributed by atoms with Crippen molar-refractivity contribution in [1.82, 2.24) is 15.0 Å². The van der Waals surface area contributed by atoms with E-state index in [-0.39, 0.29) is 11.3 Å². The number of carbonyl (C=O) groups excluding carboxylic acids is 1. The minimum Gasteiger partial charge on any atom is -0.505 e. The molecule has 0 spiro atoms. The van der Waals surface area contributed by atoms with E-state index < -0.39 is 5.97 Å². The van der Waals surface area contributed by atoms with Gasteiger partial charge < -0.3 is 14.7 Å². The van der Waals surface area contributed by atoms with Gasteiger partial charge in [0.25, 0.3) is 0 Å². The van der Waals surface area contributed by atoms with Gasteiger partial charge in [-0.3, -0.25) is 0 Å². The molecule has 0 aliphatic carbocycles. The SMILES string of the molecule is COC(=O)/C(C#N)=C/c1ccc(N(C)Cc2cc(C)cc(-n3nc4ccccc4n3)c2O)cc1. The van der Waals surface area contributed by atoms with Crippen LogP contribution in [0.5, 0.6) is 5.75 Å². The van der Waals surface area contributed by atoms with Crippen molar-refractivity contribution in [3.05, 3.63) is 82.9 Å². The maximum absolute atomic E-state index is 11.6. The van der Waals surface area contributed by atoms with E-state index in [0.29, 0.717) is 17.8 Å². The van der Waals surface area contributed by atoms with E-state index in [0.717, 1.165) is 27.8 Å². The van der Waals surface area contributed by atoms with Gasteiger partial charge in [0.15, 0.2) is 0 Å². The van der Waals surface area contributed by atoms with Gasteiger partial charge in [-0.15, -0.1) is 15.0 Å². The number of phenolic OH excluding ortho intramolecular Hbond substituents is 1. The number of aromatic nitrogens is 3. The first kappa shape index (κ1) is 22.6. The molecule has 34 heavy (non-hydrogen) atoms. The second kappa shape index (κ2) is 9.46. The molecule has 1 aromatic heterocycles. The molecule has 4 aromatic rings. The Morgan fingerprint density at radius 1 is 1.15 bits per heavy atom. The highest BCUT2D eigenvalue weighted by Crippen LogP contribution is 2.30. The smallest absolute Gasteiger partial charge is 0.348 e. The minimum absolute atomic E-state index is 0.0688. The van der Waals surface area contributed by atoms with Gasteiger partial charge in [0.05, 0.1) is 7.11 Å². The molecule has 0 amide bonds. The molecular weight excluding hydrogens is 430 g/mol. The second-order valence-corrected chi connectivity index (χ2v) is 7.88. The van der Waals surface area contributed by atoms with Crippen LogP contribution in [-0.2, 0) is 16.1 Å². The highest BCUT2D eigenvalue weighted by molar-refractivity contribution is 5.97. The van der Waals surface area contributed by atoms with Gasteiger partial charge in [-0.2, -0.15) is 5.26 Å². The van der Waals surface area contributed by atoms with Crippen molar-refractivity contribution < 1.29 is 14.6 Å². The molecular formula is C26H23N5O3. The molecule has 3 aromatic carbocycles. The van der Waals surface area contributed by atoms with Crippen molar-refractivity contribution in [3.8, 4) is 17.5 Å². The summed E-state index contributed by atoms with van der Waals surface area (Å²) in [7, 11) is 3.16. The third-order valence-electron chi connectivity index (χ3n) is 5.39. The lowest BCUT2D eigenvalue weighted by molar-refractivity contribution is -0.135. The Morgan fingerprint density at radius 2 is 1.79 bits per heavy atom. The summed E-state index contributed by atoms with van der Waals surface area (Å²) in [4.78, 5) is 15.1. The fourth-order valence-corrected chi connectivity index (χ4v) is 3.66. The van der Waals surface area contributed by atoms with Crippen LogP contribution in [0.3, 0.4) is 0 Å². The number of esters is 1. The lowest BCUT2D eigenvalue weighted by atomic mass is 10.1. The monoisotopic (exact) mass is 453 g/mol. The third kappa shape index (κ3) is 4.59. The fourth-order valence-electron chi connectivity index (χ4n) is 3.66. The number of nitriles is 1. The van der Waals surface area contributed by atoms with Crippen LogP contribution in [0.15, 0.2) is 66.2 Å². The zero-order chi connectivity index (χ0) is 24.2. The average molecular weight is 454 g/mol. The van der Waals surface area contributed by atoms with Gasteiger partial charge in [-0.05, 0) is 54.5 Å². The number of nitrogens with zero attached hydrogens (tertiary/aromatic N) is 5. The number of benzene rings is 3. The van der Waals surface area contributed by atoms with Crippen LogP contribution >= 0.6 is 0 Å². The Morgan fingerprint density at radius 3 is 2.38 bits per heavy atom. The Balaban J connectivity index is 1.59. The third-order valence-corrected chi connectivity index (χ3v) is 5.39. The molecule has 1 N–H and O–H groups in total. The molecule has 0 aliphatic heterocycles. The van der Waals surface area contributed by atoms with E-state index in [2.05, 4.69) is 14.9 Å². The number of carbonyl (C=O) groups is 1. The zero-order valence-electron chi connectivity index (χ0n) is 19.1. The predicted molar refractivity (Wildman–Crippen MR) is 129 cm³/mol. The topological polar surface area (TPSA) is 104 Å². The summed E-state index contributed by atoms with van der Waals surface area (Å²) in [5.41, 5.74) is 5.28. The van der Waals surface area contributed by atoms with Crippen molar-refractivity contribution in [3.63, 3.8) is 0 Å². The first-order valence-electron chi connectivity index (χ1n) is 10.6. The summed E-state index contributed by atoms with van der Waals surface area (Å²) in [6.07, 6.45) is 1.48. The predicted octanol–water partition coefficient (Wildman–Crippen LogP) is 4.15. The highest BCUT2D eigenvalue weighted by atomic mass is 16.5. The van der Waals surface area contributed by atoms with E-state index in [4.69, 9.17) is 5.26 Å². The maximum Gasteiger partial charge on any atom is 0.348 e. The van der Waals surface area contributed by atoms with Crippen LogP contribution in [0.25, 0.3) is 22.8 Å². The first-order chi connectivity index (χ1) is 16.4. The van der Waals surface area contributed by atoms with Gasteiger partial charge in [-0.25, -0.2) is 4.79 Å². The summed E-state index contributed by atoms with van der Waals surface area (Å²) in [5, 5.41) is 29.1. The number of aryl methyl sites for hydroxylation is 1. The molecule has 1 heterocycles. The molecule has 8 nitrogen and oxygen atoms in total. The van der Waals surface area contributed by atoms with Crippen molar-refractivity contribution in [2.24, 2.45) is 0 Å². The number of hydrogen-bond donors (Lipinski definition) is 1. The number of rotatable bonds is 6. The number of ether oxygens (including phenoxy) is 1. The molecule has 0 radical (unpaired) electrons. The summed E-state index contributed by atoms with van der Waals surface area (Å²) >= 11 is 0. The maximum atomic E-state index is 11.6. The Kier molecular flexibility index (Phi) is 6.28. The molecule has 0 bridgehead atoms.